The van der Waals surface area contributed by atoms with E-state index in [9.17, 15) is 0 Å². The first-order valence-electron chi connectivity index (χ1n) is 7.03. The van der Waals surface area contributed by atoms with Crippen LogP contribution in [-0.2, 0) is 4.74 Å². The molecular weight excluding hydrogens is 212 g/mol. The predicted molar refractivity (Wildman–Crippen MR) is 74.7 cm³/mol. The van der Waals surface area contributed by atoms with E-state index in [4.69, 9.17) is 16.2 Å². The molecule has 1 unspecified atom stereocenters. The van der Waals surface area contributed by atoms with Crippen LogP contribution in [0.2, 0.25) is 0 Å². The number of rotatable bonds is 11. The summed E-state index contributed by atoms with van der Waals surface area (Å²) >= 11 is 0. The predicted octanol–water partition coefficient (Wildman–Crippen LogP) is 2.94. The summed E-state index contributed by atoms with van der Waals surface area (Å²) in [6, 6.07) is 0. The van der Waals surface area contributed by atoms with Gasteiger partial charge < -0.3 is 16.2 Å². The molecule has 0 fully saturated rings. The Labute approximate surface area is 107 Å². The van der Waals surface area contributed by atoms with E-state index in [0.717, 1.165) is 25.1 Å². The van der Waals surface area contributed by atoms with Crippen LogP contribution in [0.1, 0.15) is 58.8 Å². The van der Waals surface area contributed by atoms with Crippen LogP contribution < -0.4 is 11.5 Å². The van der Waals surface area contributed by atoms with Crippen molar-refractivity contribution in [3.8, 4) is 0 Å². The number of unbranched alkanes of at least 4 members (excludes halogenated alkanes) is 5. The van der Waals surface area contributed by atoms with Crippen molar-refractivity contribution in [1.29, 1.82) is 0 Å². The third kappa shape index (κ3) is 9.19. The molecule has 0 aromatic heterocycles. The summed E-state index contributed by atoms with van der Waals surface area (Å²) in [5.74, 6) is 0. The number of nitrogens with two attached hydrogens (primary N) is 2. The zero-order valence-electron chi connectivity index (χ0n) is 11.6. The maximum Gasteiger partial charge on any atom is 0.0961 e. The van der Waals surface area contributed by atoms with Gasteiger partial charge in [0.1, 0.15) is 0 Å². The number of hydrogen-bond donors (Lipinski definition) is 2. The molecule has 0 aromatic rings. The summed E-state index contributed by atoms with van der Waals surface area (Å²) in [4.78, 5) is 0. The van der Waals surface area contributed by atoms with E-state index in [1.54, 1.807) is 0 Å². The largest absolute Gasteiger partial charge is 0.400 e. The van der Waals surface area contributed by atoms with Gasteiger partial charge in [-0.05, 0) is 18.9 Å². The van der Waals surface area contributed by atoms with Crippen molar-refractivity contribution in [1.82, 2.24) is 0 Å². The molecular formula is C14H30N2O. The van der Waals surface area contributed by atoms with E-state index in [-0.39, 0.29) is 6.10 Å². The maximum absolute atomic E-state index is 5.88. The third-order valence-corrected chi connectivity index (χ3v) is 2.91. The molecule has 0 amide bonds. The Hall–Kier alpha value is -0.540. The van der Waals surface area contributed by atoms with Crippen molar-refractivity contribution in [3.05, 3.63) is 11.8 Å². The Morgan fingerprint density at radius 1 is 1.12 bits per heavy atom. The van der Waals surface area contributed by atoms with Crippen molar-refractivity contribution in [3.63, 3.8) is 0 Å². The summed E-state index contributed by atoms with van der Waals surface area (Å²) < 4.78 is 5.76. The summed E-state index contributed by atoms with van der Waals surface area (Å²) in [5, 5.41) is 0. The van der Waals surface area contributed by atoms with E-state index in [2.05, 4.69) is 13.8 Å². The molecule has 0 aliphatic rings. The van der Waals surface area contributed by atoms with Crippen LogP contribution in [0.25, 0.3) is 0 Å². The molecule has 0 radical (unpaired) electrons. The van der Waals surface area contributed by atoms with Crippen molar-refractivity contribution < 1.29 is 4.74 Å². The van der Waals surface area contributed by atoms with Crippen LogP contribution in [0.15, 0.2) is 11.8 Å². The normalized spacial score (nSPS) is 13.9. The van der Waals surface area contributed by atoms with Crippen molar-refractivity contribution in [2.24, 2.45) is 11.5 Å². The first-order valence-corrected chi connectivity index (χ1v) is 7.03. The highest BCUT2D eigenvalue weighted by atomic mass is 16.5. The fraction of sp³-hybridized carbons (Fsp3) is 0.857. The highest BCUT2D eigenvalue weighted by Crippen LogP contribution is 2.09. The summed E-state index contributed by atoms with van der Waals surface area (Å²) in [7, 11) is 0. The van der Waals surface area contributed by atoms with Gasteiger partial charge in [0.15, 0.2) is 0 Å². The quantitative estimate of drug-likeness (QED) is 0.548. The van der Waals surface area contributed by atoms with Gasteiger partial charge in [-0.25, -0.2) is 0 Å². The standard InChI is InChI=1S/C14H30N2O/c1-3-5-6-7-8-9-12-17-14(4-2)13(16)10-11-15/h10,14H,3-9,11-12,15-16H2,1-2H3. The second-order valence-electron chi connectivity index (χ2n) is 4.48. The Bertz CT molecular complexity index is 193. The molecule has 4 N–H and O–H groups in total. The molecule has 3 nitrogen and oxygen atoms in total. The molecule has 0 aromatic carbocycles. The molecule has 17 heavy (non-hydrogen) atoms. The van der Waals surface area contributed by atoms with Crippen LogP contribution in [0.5, 0.6) is 0 Å². The van der Waals surface area contributed by atoms with E-state index in [1.165, 1.54) is 32.1 Å². The van der Waals surface area contributed by atoms with Crippen LogP contribution >= 0.6 is 0 Å². The minimum Gasteiger partial charge on any atom is -0.400 e. The SMILES string of the molecule is CCCCCCCCOC(CC)C(N)=CCN. The molecule has 102 valence electrons. The van der Waals surface area contributed by atoms with Crippen LogP contribution in [0.4, 0.5) is 0 Å². The average molecular weight is 242 g/mol. The van der Waals surface area contributed by atoms with E-state index in [1.807, 2.05) is 6.08 Å². The van der Waals surface area contributed by atoms with Crippen molar-refractivity contribution in [2.45, 2.75) is 64.9 Å². The maximum atomic E-state index is 5.88. The summed E-state index contributed by atoms with van der Waals surface area (Å²) in [6.07, 6.45) is 10.5. The van der Waals surface area contributed by atoms with Gasteiger partial charge in [-0.2, -0.15) is 0 Å². The van der Waals surface area contributed by atoms with E-state index in [0.29, 0.717) is 6.54 Å². The first kappa shape index (κ1) is 16.5. The Morgan fingerprint density at radius 2 is 1.76 bits per heavy atom. The van der Waals surface area contributed by atoms with Gasteiger partial charge >= 0.3 is 0 Å². The van der Waals surface area contributed by atoms with Gasteiger partial charge in [0.2, 0.25) is 0 Å². The van der Waals surface area contributed by atoms with Gasteiger partial charge in [-0.3, -0.25) is 0 Å². The minimum atomic E-state index is 0.0502. The first-order chi connectivity index (χ1) is 8.26. The van der Waals surface area contributed by atoms with Crippen LogP contribution in [0.3, 0.4) is 0 Å². The smallest absolute Gasteiger partial charge is 0.0961 e. The van der Waals surface area contributed by atoms with Gasteiger partial charge in [-0.1, -0.05) is 46.0 Å². The van der Waals surface area contributed by atoms with Gasteiger partial charge in [-0.15, -0.1) is 0 Å². The molecule has 0 heterocycles. The minimum absolute atomic E-state index is 0.0502. The highest BCUT2D eigenvalue weighted by molar-refractivity contribution is 5.03. The van der Waals surface area contributed by atoms with Crippen molar-refractivity contribution in [2.75, 3.05) is 13.2 Å². The molecule has 0 saturated heterocycles. The van der Waals surface area contributed by atoms with E-state index < -0.39 is 0 Å². The fourth-order valence-corrected chi connectivity index (χ4v) is 1.83. The molecule has 0 aliphatic carbocycles. The zero-order valence-corrected chi connectivity index (χ0v) is 11.6. The topological polar surface area (TPSA) is 61.3 Å². The molecule has 3 heteroatoms. The Balaban J connectivity index is 3.53. The molecule has 0 aliphatic heterocycles. The number of hydrogen-bond acceptors (Lipinski definition) is 3. The zero-order chi connectivity index (χ0) is 12.9. The Morgan fingerprint density at radius 3 is 2.35 bits per heavy atom. The lowest BCUT2D eigenvalue weighted by molar-refractivity contribution is 0.0708. The number of ether oxygens (including phenoxy) is 1. The average Bonchev–Trinajstić information content (AvgIpc) is 2.33. The molecule has 1 atom stereocenters. The Kier molecular flexibility index (Phi) is 11.6. The molecule has 0 spiro atoms. The second-order valence-corrected chi connectivity index (χ2v) is 4.48. The van der Waals surface area contributed by atoms with E-state index >= 15 is 0 Å². The molecule has 0 rings (SSSR count). The van der Waals surface area contributed by atoms with Gasteiger partial charge in [0, 0.05) is 18.8 Å². The monoisotopic (exact) mass is 242 g/mol. The highest BCUT2D eigenvalue weighted by Gasteiger charge is 2.08. The van der Waals surface area contributed by atoms with Crippen LogP contribution in [0, 0.1) is 0 Å². The van der Waals surface area contributed by atoms with Gasteiger partial charge in [0.25, 0.3) is 0 Å². The van der Waals surface area contributed by atoms with Gasteiger partial charge in [0.05, 0.1) is 6.10 Å². The van der Waals surface area contributed by atoms with Crippen LogP contribution in [-0.4, -0.2) is 19.3 Å². The summed E-state index contributed by atoms with van der Waals surface area (Å²) in [6.45, 7) is 5.62. The fourth-order valence-electron chi connectivity index (χ4n) is 1.83. The second kappa shape index (κ2) is 11.9. The molecule has 0 saturated carbocycles. The molecule has 0 bridgehead atoms. The lowest BCUT2D eigenvalue weighted by Crippen LogP contribution is -2.22. The lowest BCUT2D eigenvalue weighted by atomic mass is 10.1. The lowest BCUT2D eigenvalue weighted by Gasteiger charge is -2.16. The third-order valence-electron chi connectivity index (χ3n) is 2.91. The van der Waals surface area contributed by atoms with Crippen molar-refractivity contribution >= 4 is 0 Å². The summed E-state index contributed by atoms with van der Waals surface area (Å²) in [5.41, 5.74) is 12.1.